The molecule has 0 spiro atoms. The Kier molecular flexibility index (Phi) is 15.1. The average molecular weight is 409 g/mol. The summed E-state index contributed by atoms with van der Waals surface area (Å²) in [5, 5.41) is 28.3. The van der Waals surface area contributed by atoms with Gasteiger partial charge in [0.25, 0.3) is 0 Å². The Morgan fingerprint density at radius 3 is 1.45 bits per heavy atom. The predicted molar refractivity (Wildman–Crippen MR) is 122 cm³/mol. The summed E-state index contributed by atoms with van der Waals surface area (Å²) < 4.78 is 0.529. The minimum absolute atomic E-state index is 0.0663. The predicted octanol–water partition coefficient (Wildman–Crippen LogP) is 4.44. The Bertz CT molecular complexity index is 472. The highest BCUT2D eigenvalue weighted by atomic mass is 16.3. The number of rotatable bonds is 19. The first kappa shape index (κ1) is 26.1. The second-order valence-corrected chi connectivity index (χ2v) is 8.59. The molecule has 168 valence electrons. The van der Waals surface area contributed by atoms with E-state index in [1.54, 1.807) is 0 Å². The molecule has 0 saturated heterocycles. The third kappa shape index (κ3) is 11.7. The first-order chi connectivity index (χ1) is 14.2. The fraction of sp³-hybridized carbons (Fsp3) is 0.760. The van der Waals surface area contributed by atoms with E-state index in [1.807, 2.05) is 0 Å². The summed E-state index contributed by atoms with van der Waals surface area (Å²) in [5.74, 6) is 0. The third-order valence-corrected chi connectivity index (χ3v) is 6.08. The molecule has 1 rings (SSSR count). The zero-order valence-electron chi connectivity index (χ0n) is 18.8. The molecule has 0 atom stereocenters. The lowest BCUT2D eigenvalue weighted by Crippen LogP contribution is -2.52. The van der Waals surface area contributed by atoms with Crippen molar-refractivity contribution in [2.75, 3.05) is 39.5 Å². The van der Waals surface area contributed by atoms with Gasteiger partial charge in [0.1, 0.15) is 26.2 Å². The minimum Gasteiger partial charge on any atom is -0.391 e. The summed E-state index contributed by atoms with van der Waals surface area (Å²) in [4.78, 5) is 0. The number of unbranched alkanes of at least 4 members (excludes halogenated alkanes) is 9. The second kappa shape index (κ2) is 16.8. The molecule has 0 radical (unpaired) electrons. The average Bonchev–Trinajstić information content (AvgIpc) is 2.71. The Labute approximate surface area is 179 Å². The van der Waals surface area contributed by atoms with Crippen molar-refractivity contribution in [2.45, 2.75) is 84.1 Å². The number of aliphatic hydroxyl groups is 3. The Morgan fingerprint density at radius 2 is 1.00 bits per heavy atom. The first-order valence-corrected chi connectivity index (χ1v) is 11.9. The maximum absolute atomic E-state index is 9.42. The lowest BCUT2D eigenvalue weighted by molar-refractivity contribution is -0.941. The molecule has 0 aliphatic rings. The van der Waals surface area contributed by atoms with E-state index in [4.69, 9.17) is 0 Å². The molecule has 1 aromatic rings. The van der Waals surface area contributed by atoms with Crippen LogP contribution in [0.4, 0.5) is 0 Å². The van der Waals surface area contributed by atoms with Crippen molar-refractivity contribution in [3.63, 3.8) is 0 Å². The molecule has 4 nitrogen and oxygen atoms in total. The molecule has 0 unspecified atom stereocenters. The van der Waals surface area contributed by atoms with Gasteiger partial charge in [-0.05, 0) is 18.4 Å². The number of aryl methyl sites for hydroxylation is 1. The van der Waals surface area contributed by atoms with Gasteiger partial charge < -0.3 is 19.8 Å². The third-order valence-electron chi connectivity index (χ3n) is 6.08. The summed E-state index contributed by atoms with van der Waals surface area (Å²) in [6, 6.07) is 8.78. The number of aliphatic hydroxyl groups excluding tert-OH is 3. The van der Waals surface area contributed by atoms with Gasteiger partial charge in [-0.25, -0.2) is 0 Å². The summed E-state index contributed by atoms with van der Waals surface area (Å²) in [5.41, 5.74) is 2.59. The van der Waals surface area contributed by atoms with Crippen LogP contribution in [0.3, 0.4) is 0 Å². The number of benzene rings is 1. The topological polar surface area (TPSA) is 60.7 Å². The van der Waals surface area contributed by atoms with Crippen molar-refractivity contribution in [1.29, 1.82) is 0 Å². The first-order valence-electron chi connectivity index (χ1n) is 11.9. The fourth-order valence-electron chi connectivity index (χ4n) is 4.22. The minimum atomic E-state index is 0.0663. The van der Waals surface area contributed by atoms with Gasteiger partial charge in [-0.3, -0.25) is 0 Å². The van der Waals surface area contributed by atoms with E-state index in [0.29, 0.717) is 24.1 Å². The summed E-state index contributed by atoms with van der Waals surface area (Å²) in [7, 11) is 0. The number of hydrogen-bond acceptors (Lipinski definition) is 3. The molecule has 4 heteroatoms. The highest BCUT2D eigenvalue weighted by Crippen LogP contribution is 2.17. The van der Waals surface area contributed by atoms with Gasteiger partial charge in [0.05, 0.1) is 19.8 Å². The smallest absolute Gasteiger partial charge is 0.105 e. The van der Waals surface area contributed by atoms with Crippen LogP contribution in [0.5, 0.6) is 0 Å². The van der Waals surface area contributed by atoms with Gasteiger partial charge in [0, 0.05) is 5.56 Å². The monoisotopic (exact) mass is 408 g/mol. The second-order valence-electron chi connectivity index (χ2n) is 8.59. The van der Waals surface area contributed by atoms with Crippen LogP contribution < -0.4 is 0 Å². The molecule has 0 aliphatic carbocycles. The lowest BCUT2D eigenvalue weighted by atomic mass is 10.0. The molecule has 1 aromatic carbocycles. The maximum Gasteiger partial charge on any atom is 0.105 e. The lowest BCUT2D eigenvalue weighted by Gasteiger charge is -2.37. The van der Waals surface area contributed by atoms with Gasteiger partial charge in [-0.2, -0.15) is 0 Å². The highest BCUT2D eigenvalue weighted by molar-refractivity contribution is 5.22. The molecule has 0 saturated carbocycles. The van der Waals surface area contributed by atoms with Crippen molar-refractivity contribution in [1.82, 2.24) is 0 Å². The number of nitrogens with zero attached hydrogens (tertiary/aromatic N) is 1. The van der Waals surface area contributed by atoms with Crippen molar-refractivity contribution in [3.05, 3.63) is 35.4 Å². The van der Waals surface area contributed by atoms with Crippen LogP contribution in [-0.2, 0) is 13.0 Å². The van der Waals surface area contributed by atoms with Gasteiger partial charge in [-0.15, -0.1) is 0 Å². The molecule has 29 heavy (non-hydrogen) atoms. The molecule has 0 heterocycles. The van der Waals surface area contributed by atoms with Gasteiger partial charge >= 0.3 is 0 Å². The molecule has 0 amide bonds. The Hall–Kier alpha value is -0.940. The summed E-state index contributed by atoms with van der Waals surface area (Å²) in [6.07, 6.45) is 14.8. The summed E-state index contributed by atoms with van der Waals surface area (Å²) >= 11 is 0. The Morgan fingerprint density at radius 1 is 0.586 bits per heavy atom. The highest BCUT2D eigenvalue weighted by Gasteiger charge is 2.26. The van der Waals surface area contributed by atoms with E-state index in [9.17, 15) is 15.3 Å². The van der Waals surface area contributed by atoms with Crippen LogP contribution >= 0.6 is 0 Å². The van der Waals surface area contributed by atoms with Gasteiger partial charge in [0.2, 0.25) is 0 Å². The van der Waals surface area contributed by atoms with E-state index in [1.165, 1.54) is 75.3 Å². The zero-order valence-corrected chi connectivity index (χ0v) is 18.8. The molecular formula is C25H46NO3+. The van der Waals surface area contributed by atoms with Crippen LogP contribution in [0.15, 0.2) is 24.3 Å². The van der Waals surface area contributed by atoms with E-state index in [-0.39, 0.29) is 19.8 Å². The summed E-state index contributed by atoms with van der Waals surface area (Å²) in [6.45, 7) is 4.88. The normalized spacial score (nSPS) is 11.9. The fourth-order valence-corrected chi connectivity index (χ4v) is 4.22. The Balaban J connectivity index is 2.30. The molecule has 0 fully saturated rings. The SMILES string of the molecule is CCCCCCCCCCCCc1ccc(C[N+](CCO)(CCO)CCO)cc1. The standard InChI is InChI=1S/C25H46NO3/c1-2-3-4-5-6-7-8-9-10-11-12-24-13-15-25(16-14-24)23-26(17-20-27,18-21-28)19-22-29/h13-16,27-29H,2-12,17-23H2,1H3/q+1. The van der Waals surface area contributed by atoms with E-state index in [0.717, 1.165) is 13.0 Å². The van der Waals surface area contributed by atoms with E-state index < -0.39 is 0 Å². The quantitative estimate of drug-likeness (QED) is 0.234. The van der Waals surface area contributed by atoms with Crippen molar-refractivity contribution in [2.24, 2.45) is 0 Å². The molecule has 0 bridgehead atoms. The zero-order chi connectivity index (χ0) is 21.2. The van der Waals surface area contributed by atoms with Crippen LogP contribution in [-0.4, -0.2) is 59.3 Å². The van der Waals surface area contributed by atoms with Crippen LogP contribution in [0, 0.1) is 0 Å². The van der Waals surface area contributed by atoms with Crippen molar-refractivity contribution < 1.29 is 19.8 Å². The van der Waals surface area contributed by atoms with Crippen LogP contribution in [0.1, 0.15) is 82.3 Å². The molecule has 3 N–H and O–H groups in total. The van der Waals surface area contributed by atoms with E-state index in [2.05, 4.69) is 31.2 Å². The maximum atomic E-state index is 9.42. The van der Waals surface area contributed by atoms with Crippen molar-refractivity contribution >= 4 is 0 Å². The van der Waals surface area contributed by atoms with E-state index >= 15 is 0 Å². The van der Waals surface area contributed by atoms with Gasteiger partial charge in [0.15, 0.2) is 0 Å². The number of hydrogen-bond donors (Lipinski definition) is 3. The van der Waals surface area contributed by atoms with Gasteiger partial charge in [-0.1, -0.05) is 89.0 Å². The molecule has 0 aliphatic heterocycles. The van der Waals surface area contributed by atoms with Crippen molar-refractivity contribution in [3.8, 4) is 0 Å². The number of quaternary nitrogens is 1. The van der Waals surface area contributed by atoms with Crippen LogP contribution in [0.25, 0.3) is 0 Å². The molecular weight excluding hydrogens is 362 g/mol. The molecule has 0 aromatic heterocycles. The largest absolute Gasteiger partial charge is 0.391 e. The van der Waals surface area contributed by atoms with Crippen LogP contribution in [0.2, 0.25) is 0 Å².